The Hall–Kier alpha value is -8.06. The molecule has 310 valence electrons. The molecule has 66 heavy (non-hydrogen) atoms. The van der Waals surface area contributed by atoms with E-state index >= 15 is 0 Å². The first-order chi connectivity index (χ1) is 32.4. The van der Waals surface area contributed by atoms with Gasteiger partial charge >= 0.3 is 0 Å². The number of benzene rings is 13. The Morgan fingerprint density at radius 3 is 0.788 bits per heavy atom. The van der Waals surface area contributed by atoms with E-state index in [4.69, 9.17) is 0 Å². The van der Waals surface area contributed by atoms with Crippen molar-refractivity contribution in [2.75, 3.05) is 0 Å². The molecule has 13 aromatic rings. The van der Waals surface area contributed by atoms with E-state index in [0.717, 1.165) is 0 Å². The summed E-state index contributed by atoms with van der Waals surface area (Å²) in [4.78, 5) is 0. The Kier molecular flexibility index (Phi) is 8.58. The molecule has 0 atom stereocenters. The molecule has 0 aliphatic heterocycles. The third-order valence-corrected chi connectivity index (χ3v) is 15.0. The fourth-order valence-corrected chi connectivity index (χ4v) is 11.7. The fourth-order valence-electron chi connectivity index (χ4n) is 11.7. The van der Waals surface area contributed by atoms with Crippen LogP contribution in [-0.2, 0) is 0 Å². The van der Waals surface area contributed by atoms with E-state index in [0.29, 0.717) is 0 Å². The van der Waals surface area contributed by atoms with E-state index < -0.39 is 0 Å². The third-order valence-electron chi connectivity index (χ3n) is 15.0. The number of hydrogen-bond acceptors (Lipinski definition) is 0. The average Bonchev–Trinajstić information content (AvgIpc) is 3.37. The van der Waals surface area contributed by atoms with Crippen molar-refractivity contribution < 1.29 is 0 Å². The molecule has 0 heteroatoms. The number of aryl methyl sites for hydroxylation is 4. The van der Waals surface area contributed by atoms with Gasteiger partial charge in [-0.05, 0) is 193 Å². The van der Waals surface area contributed by atoms with Crippen LogP contribution in [0.3, 0.4) is 0 Å². The fraction of sp³-hybridized carbons (Fsp3) is 0.0606. The SMILES string of the molecule is Cc1ccc(-c2c3ccccc3c(-c3ccc4c(c3)c(C)c(C)c3cc(-c5c6ccccc6c(-c6ccc(C)c7ccccc67)c6ccccc56)ccc34)c3ccccc23)c2ccccc12. The van der Waals surface area contributed by atoms with Crippen LogP contribution in [-0.4, -0.2) is 0 Å². The van der Waals surface area contributed by atoms with Crippen LogP contribution in [0.5, 0.6) is 0 Å². The molecular formula is C66H46. The Balaban J connectivity index is 1.01. The van der Waals surface area contributed by atoms with Crippen molar-refractivity contribution in [1.82, 2.24) is 0 Å². The topological polar surface area (TPSA) is 0 Å². The van der Waals surface area contributed by atoms with Gasteiger partial charge in [-0.15, -0.1) is 0 Å². The maximum absolute atomic E-state index is 2.47. The molecule has 0 aliphatic rings. The quantitative estimate of drug-likeness (QED) is 0.122. The molecule has 0 nitrogen and oxygen atoms in total. The van der Waals surface area contributed by atoms with Crippen molar-refractivity contribution in [3.8, 4) is 44.5 Å². The number of fused-ring (bicyclic) bond motifs is 9. The van der Waals surface area contributed by atoms with Gasteiger partial charge in [0.05, 0.1) is 0 Å². The number of rotatable bonds is 4. The molecule has 13 aromatic carbocycles. The largest absolute Gasteiger partial charge is 0.0616 e. The highest BCUT2D eigenvalue weighted by molar-refractivity contribution is 6.26. The van der Waals surface area contributed by atoms with Gasteiger partial charge in [-0.25, -0.2) is 0 Å². The van der Waals surface area contributed by atoms with Crippen molar-refractivity contribution in [2.24, 2.45) is 0 Å². The first kappa shape index (κ1) is 38.4. The van der Waals surface area contributed by atoms with Crippen molar-refractivity contribution >= 4 is 86.2 Å². The van der Waals surface area contributed by atoms with Gasteiger partial charge in [-0.1, -0.05) is 194 Å². The summed E-state index contributed by atoms with van der Waals surface area (Å²) in [6, 6.07) is 77.5. The van der Waals surface area contributed by atoms with E-state index in [1.165, 1.54) is 153 Å². The lowest BCUT2D eigenvalue weighted by molar-refractivity contribution is 1.41. The zero-order valence-corrected chi connectivity index (χ0v) is 37.6. The van der Waals surface area contributed by atoms with Gasteiger partial charge in [0, 0.05) is 0 Å². The van der Waals surface area contributed by atoms with E-state index in [1.54, 1.807) is 0 Å². The molecule has 0 spiro atoms. The molecule has 0 bridgehead atoms. The monoisotopic (exact) mass is 838 g/mol. The van der Waals surface area contributed by atoms with Crippen molar-refractivity contribution in [3.05, 3.63) is 229 Å². The molecule has 0 saturated heterocycles. The molecule has 0 radical (unpaired) electrons. The second-order valence-corrected chi connectivity index (χ2v) is 18.4. The van der Waals surface area contributed by atoms with Crippen LogP contribution in [0, 0.1) is 27.7 Å². The van der Waals surface area contributed by atoms with Crippen molar-refractivity contribution in [1.29, 1.82) is 0 Å². The molecule has 0 aliphatic carbocycles. The maximum Gasteiger partial charge on any atom is -0.00201 e. The van der Waals surface area contributed by atoms with Crippen LogP contribution < -0.4 is 0 Å². The Morgan fingerprint density at radius 2 is 0.470 bits per heavy atom. The highest BCUT2D eigenvalue weighted by Gasteiger charge is 2.22. The molecule has 0 N–H and O–H groups in total. The second-order valence-electron chi connectivity index (χ2n) is 18.4. The molecule has 0 saturated carbocycles. The van der Waals surface area contributed by atoms with Crippen LogP contribution in [0.4, 0.5) is 0 Å². The Labute approximate surface area is 385 Å². The van der Waals surface area contributed by atoms with E-state index in [1.807, 2.05) is 0 Å². The van der Waals surface area contributed by atoms with Gasteiger partial charge in [0.25, 0.3) is 0 Å². The van der Waals surface area contributed by atoms with E-state index in [2.05, 4.69) is 234 Å². The smallest absolute Gasteiger partial charge is 0.00201 e. The van der Waals surface area contributed by atoms with E-state index in [-0.39, 0.29) is 0 Å². The maximum atomic E-state index is 2.47. The number of hydrogen-bond donors (Lipinski definition) is 0. The zero-order valence-electron chi connectivity index (χ0n) is 37.6. The molecule has 0 fully saturated rings. The summed E-state index contributed by atoms with van der Waals surface area (Å²) in [7, 11) is 0. The van der Waals surface area contributed by atoms with Gasteiger partial charge < -0.3 is 0 Å². The second kappa shape index (κ2) is 14.7. The first-order valence-corrected chi connectivity index (χ1v) is 23.3. The summed E-state index contributed by atoms with van der Waals surface area (Å²) in [5, 5.41) is 20.6. The van der Waals surface area contributed by atoms with Crippen LogP contribution >= 0.6 is 0 Å². The summed E-state index contributed by atoms with van der Waals surface area (Å²) in [6.07, 6.45) is 0. The zero-order chi connectivity index (χ0) is 44.2. The lowest BCUT2D eigenvalue weighted by Crippen LogP contribution is -1.94. The van der Waals surface area contributed by atoms with Gasteiger partial charge in [0.2, 0.25) is 0 Å². The average molecular weight is 839 g/mol. The predicted octanol–water partition coefficient (Wildman–Crippen LogP) is 18.8. The van der Waals surface area contributed by atoms with Gasteiger partial charge in [-0.2, -0.15) is 0 Å². The lowest BCUT2D eigenvalue weighted by atomic mass is 9.82. The summed E-state index contributed by atoms with van der Waals surface area (Å²) in [6.45, 7) is 9.07. The minimum Gasteiger partial charge on any atom is -0.0616 e. The summed E-state index contributed by atoms with van der Waals surface area (Å²) >= 11 is 0. The van der Waals surface area contributed by atoms with Crippen LogP contribution in [0.1, 0.15) is 22.3 Å². The van der Waals surface area contributed by atoms with Gasteiger partial charge in [-0.3, -0.25) is 0 Å². The minimum absolute atomic E-state index is 1.24. The highest BCUT2D eigenvalue weighted by Crippen LogP contribution is 2.49. The van der Waals surface area contributed by atoms with Gasteiger partial charge in [0.1, 0.15) is 0 Å². The summed E-state index contributed by atoms with van der Waals surface area (Å²) in [5.41, 5.74) is 15.5. The predicted molar refractivity (Wildman–Crippen MR) is 287 cm³/mol. The lowest BCUT2D eigenvalue weighted by Gasteiger charge is -2.21. The molecule has 0 heterocycles. The van der Waals surface area contributed by atoms with Crippen molar-refractivity contribution in [3.63, 3.8) is 0 Å². The first-order valence-electron chi connectivity index (χ1n) is 23.3. The Bertz CT molecular complexity index is 3810. The molecule has 13 rings (SSSR count). The summed E-state index contributed by atoms with van der Waals surface area (Å²) < 4.78 is 0. The molecule has 0 amide bonds. The third kappa shape index (κ3) is 5.58. The minimum atomic E-state index is 1.24. The Morgan fingerprint density at radius 1 is 0.197 bits per heavy atom. The van der Waals surface area contributed by atoms with Crippen LogP contribution in [0.25, 0.3) is 131 Å². The molecular weight excluding hydrogens is 793 g/mol. The normalized spacial score (nSPS) is 11.9. The van der Waals surface area contributed by atoms with Crippen molar-refractivity contribution in [2.45, 2.75) is 27.7 Å². The molecule has 0 aromatic heterocycles. The highest BCUT2D eigenvalue weighted by atomic mass is 14.2. The molecule has 0 unspecified atom stereocenters. The standard InChI is InChI=1S/C66H46/c1-39-29-33-59(47-19-7-5-17-45(39)47)65-55-25-13-9-21-51(55)63(52-22-10-14-26-56(52)65)43-31-35-49-50-36-32-44(38-62(50)42(4)41(3)61(49)37-43)64-53-23-11-15-27-57(53)66(58-28-16-12-24-54(58)64)60-34-30-40(2)46-18-6-8-20-48(46)60/h5-38H,1-4H3. The van der Waals surface area contributed by atoms with E-state index in [9.17, 15) is 0 Å². The van der Waals surface area contributed by atoms with Crippen LogP contribution in [0.2, 0.25) is 0 Å². The summed E-state index contributed by atoms with van der Waals surface area (Å²) in [5.74, 6) is 0. The van der Waals surface area contributed by atoms with Crippen LogP contribution in [0.15, 0.2) is 206 Å². The van der Waals surface area contributed by atoms with Gasteiger partial charge in [0.15, 0.2) is 0 Å².